The van der Waals surface area contributed by atoms with Gasteiger partial charge in [0.1, 0.15) is 17.2 Å². The van der Waals surface area contributed by atoms with Crippen molar-refractivity contribution < 1.29 is 13.6 Å². The Bertz CT molecular complexity index is 1280. The van der Waals surface area contributed by atoms with Gasteiger partial charge in [-0.3, -0.25) is 14.6 Å². The molecule has 0 bridgehead atoms. The molecule has 0 aliphatic heterocycles. The molecule has 1 N–H and O–H groups in total. The zero-order valence-corrected chi connectivity index (χ0v) is 15.7. The molecule has 0 atom stereocenters. The molecule has 0 unspecified atom stereocenters. The Morgan fingerprint density at radius 2 is 1.86 bits per heavy atom. The molecule has 148 valence electrons. The highest BCUT2D eigenvalue weighted by Crippen LogP contribution is 2.18. The molecule has 4 rings (SSSR count). The van der Waals surface area contributed by atoms with Crippen LogP contribution in [0.2, 0.25) is 0 Å². The molecule has 0 saturated heterocycles. The Morgan fingerprint density at radius 3 is 2.62 bits per heavy atom. The summed E-state index contributed by atoms with van der Waals surface area (Å²) in [4.78, 5) is 29.3. The van der Waals surface area contributed by atoms with Crippen LogP contribution in [0.4, 0.5) is 8.78 Å². The average molecular weight is 396 g/mol. The van der Waals surface area contributed by atoms with Crippen molar-refractivity contribution in [3.8, 4) is 0 Å². The van der Waals surface area contributed by atoms with Crippen molar-refractivity contribution in [1.29, 1.82) is 0 Å². The zero-order chi connectivity index (χ0) is 20.5. The van der Waals surface area contributed by atoms with Crippen LogP contribution in [0.25, 0.3) is 16.6 Å². The largest absolute Gasteiger partial charge is 0.350 e. The normalized spacial score (nSPS) is 11.3. The van der Waals surface area contributed by atoms with Gasteiger partial charge in [0, 0.05) is 31.4 Å². The van der Waals surface area contributed by atoms with E-state index in [1.54, 1.807) is 6.20 Å². The van der Waals surface area contributed by atoms with Gasteiger partial charge in [-0.1, -0.05) is 6.07 Å². The van der Waals surface area contributed by atoms with Gasteiger partial charge in [0.2, 0.25) is 5.91 Å². The lowest BCUT2D eigenvalue weighted by Crippen LogP contribution is -2.28. The van der Waals surface area contributed by atoms with E-state index in [-0.39, 0.29) is 30.9 Å². The molecule has 4 aromatic rings. The smallest absolute Gasteiger partial charge is 0.275 e. The molecular weight excluding hydrogens is 378 g/mol. The highest BCUT2D eigenvalue weighted by atomic mass is 19.1. The minimum atomic E-state index is -0.561. The Kier molecular flexibility index (Phi) is 4.84. The molecule has 3 aromatic heterocycles. The number of carbonyl (C=O) groups is 1. The number of aryl methyl sites for hydroxylation is 2. The van der Waals surface area contributed by atoms with E-state index in [0.717, 1.165) is 17.3 Å². The summed E-state index contributed by atoms with van der Waals surface area (Å²) in [5, 5.41) is 2.75. The summed E-state index contributed by atoms with van der Waals surface area (Å²) in [7, 11) is 0. The first-order valence-electron chi connectivity index (χ1n) is 9.10. The molecule has 3 heterocycles. The van der Waals surface area contributed by atoms with Crippen LogP contribution in [0.5, 0.6) is 0 Å². The molecule has 0 saturated carbocycles. The van der Waals surface area contributed by atoms with Crippen molar-refractivity contribution in [3.63, 3.8) is 0 Å². The predicted molar refractivity (Wildman–Crippen MR) is 105 cm³/mol. The summed E-state index contributed by atoms with van der Waals surface area (Å²) in [5.41, 5.74) is 2.17. The average Bonchev–Trinajstić information content (AvgIpc) is 3.09. The third-order valence-corrected chi connectivity index (χ3v) is 4.74. The summed E-state index contributed by atoms with van der Waals surface area (Å²) in [6.07, 6.45) is 2.91. The Morgan fingerprint density at radius 1 is 1.07 bits per heavy atom. The summed E-state index contributed by atoms with van der Waals surface area (Å²) < 4.78 is 30.2. The quantitative estimate of drug-likeness (QED) is 0.564. The number of hydrogen-bond donors (Lipinski definition) is 1. The monoisotopic (exact) mass is 396 g/mol. The molecule has 0 spiro atoms. The molecule has 8 heteroatoms. The fourth-order valence-electron chi connectivity index (χ4n) is 3.27. The van der Waals surface area contributed by atoms with E-state index in [9.17, 15) is 18.4 Å². The van der Waals surface area contributed by atoms with Gasteiger partial charge in [-0.05, 0) is 36.8 Å². The first kappa shape index (κ1) is 18.8. The summed E-state index contributed by atoms with van der Waals surface area (Å²) in [5.74, 6) is -1.35. The van der Waals surface area contributed by atoms with Gasteiger partial charge in [0.25, 0.3) is 5.56 Å². The van der Waals surface area contributed by atoms with Crippen LogP contribution >= 0.6 is 0 Å². The SMILES string of the molecule is Cc1ccc(CNC(=O)CCn2c(=O)c3cc(F)cn3c3ccc(F)cc32)nc1. The highest BCUT2D eigenvalue weighted by Gasteiger charge is 2.14. The van der Waals surface area contributed by atoms with Gasteiger partial charge in [-0.15, -0.1) is 0 Å². The maximum Gasteiger partial charge on any atom is 0.275 e. The molecule has 6 nitrogen and oxygen atoms in total. The van der Waals surface area contributed by atoms with Crippen LogP contribution in [0.15, 0.2) is 53.6 Å². The number of nitrogens with zero attached hydrogens (tertiary/aromatic N) is 3. The Labute approximate surface area is 164 Å². The number of carbonyl (C=O) groups excluding carboxylic acids is 1. The van der Waals surface area contributed by atoms with Crippen LogP contribution in [0.1, 0.15) is 17.7 Å². The predicted octanol–water partition coefficient (Wildman–Crippen LogP) is 2.94. The first-order chi connectivity index (χ1) is 13.9. The summed E-state index contributed by atoms with van der Waals surface area (Å²) >= 11 is 0. The minimum Gasteiger partial charge on any atom is -0.350 e. The van der Waals surface area contributed by atoms with Crippen LogP contribution in [0, 0.1) is 18.6 Å². The van der Waals surface area contributed by atoms with Crippen LogP contribution in [-0.4, -0.2) is 19.9 Å². The van der Waals surface area contributed by atoms with Crippen molar-refractivity contribution in [3.05, 3.63) is 82.0 Å². The number of hydrogen-bond acceptors (Lipinski definition) is 3. The van der Waals surface area contributed by atoms with Crippen LogP contribution < -0.4 is 10.9 Å². The Balaban J connectivity index is 1.58. The number of rotatable bonds is 5. The van der Waals surface area contributed by atoms with Crippen molar-refractivity contribution in [2.45, 2.75) is 26.4 Å². The van der Waals surface area contributed by atoms with E-state index in [2.05, 4.69) is 10.3 Å². The van der Waals surface area contributed by atoms with Gasteiger partial charge >= 0.3 is 0 Å². The maximum absolute atomic E-state index is 13.8. The van der Waals surface area contributed by atoms with Gasteiger partial charge in [-0.25, -0.2) is 8.78 Å². The van der Waals surface area contributed by atoms with E-state index in [1.807, 2.05) is 19.1 Å². The van der Waals surface area contributed by atoms with E-state index >= 15 is 0 Å². The standard InChI is InChI=1S/C21H18F2N4O2/c1-13-2-4-16(24-10-13)11-25-20(28)6-7-26-18-8-14(22)3-5-17(18)27-12-15(23)9-19(27)21(26)29/h2-5,8-10,12H,6-7,11H2,1H3,(H,25,28). The van der Waals surface area contributed by atoms with Gasteiger partial charge in [0.15, 0.2) is 0 Å². The van der Waals surface area contributed by atoms with E-state index in [0.29, 0.717) is 11.0 Å². The number of benzene rings is 1. The summed E-state index contributed by atoms with van der Waals surface area (Å²) in [6.45, 7) is 2.23. The molecule has 0 radical (unpaired) electrons. The van der Waals surface area contributed by atoms with Crippen LogP contribution in [-0.2, 0) is 17.9 Å². The number of halogens is 2. The molecule has 0 aliphatic carbocycles. The topological polar surface area (TPSA) is 68.4 Å². The van der Waals surface area contributed by atoms with Crippen LogP contribution in [0.3, 0.4) is 0 Å². The lowest BCUT2D eigenvalue weighted by molar-refractivity contribution is -0.121. The number of pyridine rings is 1. The molecule has 0 aliphatic rings. The van der Waals surface area contributed by atoms with E-state index in [1.165, 1.54) is 33.4 Å². The van der Waals surface area contributed by atoms with Crippen molar-refractivity contribution in [2.75, 3.05) is 0 Å². The molecule has 1 amide bonds. The lowest BCUT2D eigenvalue weighted by atomic mass is 10.2. The van der Waals surface area contributed by atoms with Crippen molar-refractivity contribution in [1.82, 2.24) is 19.3 Å². The van der Waals surface area contributed by atoms with E-state index in [4.69, 9.17) is 0 Å². The molecule has 29 heavy (non-hydrogen) atoms. The second-order valence-corrected chi connectivity index (χ2v) is 6.86. The van der Waals surface area contributed by atoms with Crippen molar-refractivity contribution in [2.24, 2.45) is 0 Å². The molecule has 0 fully saturated rings. The Hall–Kier alpha value is -3.55. The zero-order valence-electron chi connectivity index (χ0n) is 15.7. The maximum atomic E-state index is 13.8. The fourth-order valence-corrected chi connectivity index (χ4v) is 3.27. The minimum absolute atomic E-state index is 0.0107. The molecular formula is C21H18F2N4O2. The third kappa shape index (κ3) is 3.73. The fraction of sp³-hybridized carbons (Fsp3) is 0.190. The number of nitrogens with one attached hydrogen (secondary N) is 1. The second-order valence-electron chi connectivity index (χ2n) is 6.86. The third-order valence-electron chi connectivity index (χ3n) is 4.74. The second kappa shape index (κ2) is 7.46. The molecule has 1 aromatic carbocycles. The lowest BCUT2D eigenvalue weighted by Gasteiger charge is -2.13. The first-order valence-corrected chi connectivity index (χ1v) is 9.10. The number of amides is 1. The number of aromatic nitrogens is 3. The summed E-state index contributed by atoms with van der Waals surface area (Å²) in [6, 6.07) is 8.80. The highest BCUT2D eigenvalue weighted by molar-refractivity contribution is 5.80. The van der Waals surface area contributed by atoms with Crippen molar-refractivity contribution >= 4 is 22.5 Å². The van der Waals surface area contributed by atoms with E-state index < -0.39 is 17.2 Å². The number of fused-ring (bicyclic) bond motifs is 3. The van der Waals surface area contributed by atoms with Gasteiger partial charge in [-0.2, -0.15) is 0 Å². The van der Waals surface area contributed by atoms with Gasteiger partial charge in [0.05, 0.1) is 23.3 Å². The van der Waals surface area contributed by atoms with Gasteiger partial charge < -0.3 is 14.3 Å².